The molecule has 0 aliphatic carbocycles. The number of carbonyl (C=O) groups excluding carboxylic acids is 3. The van der Waals surface area contributed by atoms with Gasteiger partial charge in [-0.05, 0) is 109 Å². The van der Waals surface area contributed by atoms with E-state index in [1.165, 1.54) is 231 Å². The molecule has 0 saturated carbocycles. The molecule has 0 saturated heterocycles. The highest BCUT2D eigenvalue weighted by Gasteiger charge is 2.29. The van der Waals surface area contributed by atoms with Gasteiger partial charge in [-0.15, -0.1) is 0 Å². The third-order valence-corrected chi connectivity index (χ3v) is 21.2. The van der Waals surface area contributed by atoms with Gasteiger partial charge in [-0.25, -0.2) is 9.13 Å². The van der Waals surface area contributed by atoms with E-state index in [9.17, 15) is 43.5 Å². The highest BCUT2D eigenvalue weighted by atomic mass is 31.2. The van der Waals surface area contributed by atoms with E-state index >= 15 is 0 Å². The number of allylic oxidation sites excluding steroid dienone is 16. The Kier molecular flexibility index (Phi) is 81.2. The van der Waals surface area contributed by atoms with Crippen LogP contribution < -0.4 is 0 Å². The zero-order valence-corrected chi connectivity index (χ0v) is 71.5. The van der Waals surface area contributed by atoms with Crippen molar-refractivity contribution < 1.29 is 75.8 Å². The van der Waals surface area contributed by atoms with Crippen molar-refractivity contribution in [2.45, 2.75) is 424 Å². The summed E-state index contributed by atoms with van der Waals surface area (Å²) in [6, 6.07) is 0. The molecule has 0 aromatic heterocycles. The number of phosphoric ester groups is 2. The van der Waals surface area contributed by atoms with Gasteiger partial charge in [0.1, 0.15) is 25.4 Å². The summed E-state index contributed by atoms with van der Waals surface area (Å²) >= 11 is 0. The Morgan fingerprint density at radius 2 is 0.459 bits per heavy atom. The molecule has 0 radical (unpaired) electrons. The first-order valence-corrected chi connectivity index (χ1v) is 47.5. The maximum absolute atomic E-state index is 12.9. The minimum absolute atomic E-state index is 0.108. The van der Waals surface area contributed by atoms with Crippen molar-refractivity contribution in [2.24, 2.45) is 0 Å². The molecule has 0 fully saturated rings. The van der Waals surface area contributed by atoms with Gasteiger partial charge >= 0.3 is 33.6 Å². The second-order valence-corrected chi connectivity index (χ2v) is 33.0. The molecule has 5 unspecified atom stereocenters. The fourth-order valence-electron chi connectivity index (χ4n) is 12.5. The fourth-order valence-corrected chi connectivity index (χ4v) is 14.1. The molecule has 109 heavy (non-hydrogen) atoms. The van der Waals surface area contributed by atoms with Crippen LogP contribution in [0.5, 0.6) is 0 Å². The molecule has 5 atom stereocenters. The van der Waals surface area contributed by atoms with Crippen LogP contribution in [0.15, 0.2) is 97.2 Å². The lowest BCUT2D eigenvalue weighted by Gasteiger charge is -2.21. The standard InChI is InChI=1S/C91H164O16P2/c1-4-7-10-13-16-19-22-24-26-28-30-32-34-36-38-39-40-41-42-43-44-45-47-49-50-52-54-56-58-60-63-65-68-71-74-77-89(94)101-80-86(92)81-103-108(97,98)104-82-87(93)83-105-109(99,100)106-85-88(107-91(96)79-76-73-70-67-62-21-18-15-12-9-6-3)84-102-90(95)78-75-72-69-66-64-61-59-57-55-53-51-48-46-37-35-33-31-29-27-25-23-20-17-14-11-8-5-2/h16-17,19-20,24-27,30-33,36-38,46,86-88,92-93H,4-15,18,21-23,28-29,34-35,39-45,47-85H2,1-3H3,(H,97,98)(H,99,100)/b19-16-,20-17-,26-24-,27-25-,32-30-,33-31-,38-36-,46-37-. The molecule has 0 aliphatic heterocycles. The van der Waals surface area contributed by atoms with Crippen molar-refractivity contribution in [3.05, 3.63) is 97.2 Å². The second-order valence-electron chi connectivity index (χ2n) is 30.1. The lowest BCUT2D eigenvalue weighted by Crippen LogP contribution is -2.30. The van der Waals surface area contributed by atoms with Gasteiger partial charge in [-0.1, -0.05) is 375 Å². The Labute approximate surface area is 667 Å². The van der Waals surface area contributed by atoms with E-state index in [1.54, 1.807) is 0 Å². The molecule has 0 amide bonds. The van der Waals surface area contributed by atoms with Gasteiger partial charge in [0.25, 0.3) is 0 Å². The summed E-state index contributed by atoms with van der Waals surface area (Å²) in [5.41, 5.74) is 0. The smallest absolute Gasteiger partial charge is 0.463 e. The number of aliphatic hydroxyl groups excluding tert-OH is 2. The predicted octanol–water partition coefficient (Wildman–Crippen LogP) is 26.9. The quantitative estimate of drug-likeness (QED) is 0.0146. The van der Waals surface area contributed by atoms with Crippen LogP contribution in [0.25, 0.3) is 0 Å². The summed E-state index contributed by atoms with van der Waals surface area (Å²) in [6.45, 7) is 2.68. The first-order chi connectivity index (χ1) is 53.2. The Hall–Kier alpha value is -3.53. The van der Waals surface area contributed by atoms with Crippen molar-refractivity contribution in [3.8, 4) is 0 Å². The molecule has 0 heterocycles. The van der Waals surface area contributed by atoms with Crippen LogP contribution in [-0.4, -0.2) is 95.9 Å². The summed E-state index contributed by atoms with van der Waals surface area (Å²) in [6.07, 6.45) is 99.2. The minimum atomic E-state index is -4.93. The minimum Gasteiger partial charge on any atom is -0.463 e. The number of hydrogen-bond acceptors (Lipinski definition) is 14. The zero-order chi connectivity index (χ0) is 79.4. The molecule has 0 rings (SSSR count). The normalized spacial score (nSPS) is 14.3. The number of rotatable bonds is 85. The molecule has 0 spiro atoms. The first-order valence-electron chi connectivity index (χ1n) is 44.5. The number of unbranched alkanes of at least 4 members (excludes halogenated alkanes) is 46. The molecular weight excluding hydrogens is 1410 g/mol. The molecule has 18 heteroatoms. The predicted molar refractivity (Wildman–Crippen MR) is 454 cm³/mol. The average Bonchev–Trinajstić information content (AvgIpc) is 0.903. The van der Waals surface area contributed by atoms with Crippen LogP contribution in [0, 0.1) is 0 Å². The maximum Gasteiger partial charge on any atom is 0.472 e. The van der Waals surface area contributed by atoms with Gasteiger partial charge in [0, 0.05) is 19.3 Å². The number of ether oxygens (including phenoxy) is 3. The van der Waals surface area contributed by atoms with Crippen LogP contribution in [0.1, 0.15) is 406 Å². The summed E-state index contributed by atoms with van der Waals surface area (Å²) in [5.74, 6) is -1.56. The van der Waals surface area contributed by atoms with Gasteiger partial charge in [0.15, 0.2) is 6.10 Å². The summed E-state index contributed by atoms with van der Waals surface area (Å²) in [7, 11) is -9.78. The van der Waals surface area contributed by atoms with Gasteiger partial charge in [-0.2, -0.15) is 0 Å². The number of aliphatic hydroxyl groups is 2. The van der Waals surface area contributed by atoms with Gasteiger partial charge in [0.05, 0.1) is 26.4 Å². The van der Waals surface area contributed by atoms with Gasteiger partial charge in [-0.3, -0.25) is 32.5 Å². The maximum atomic E-state index is 12.9. The molecule has 0 aliphatic rings. The molecular formula is C91H164O16P2. The molecule has 0 aromatic rings. The van der Waals surface area contributed by atoms with E-state index in [1.807, 2.05) is 0 Å². The SMILES string of the molecule is CCCCC/C=C\C/C=C\C/C=C\C/C=C\CCCCCCCCCCCCCCCCCCCCCC(=O)OCC(O)COP(=O)(O)OCC(O)COP(=O)(O)OCC(COC(=O)CCCCCCCCCCCCC/C=C\C/C=C\C/C=C\C/C=C\CCCCC)OC(=O)CCCCCCCCCCCCC. The first kappa shape index (κ1) is 105. The largest absolute Gasteiger partial charge is 0.472 e. The number of carbonyl (C=O) groups is 3. The lowest BCUT2D eigenvalue weighted by molar-refractivity contribution is -0.161. The van der Waals surface area contributed by atoms with Crippen molar-refractivity contribution in [1.82, 2.24) is 0 Å². The van der Waals surface area contributed by atoms with Crippen molar-refractivity contribution in [1.29, 1.82) is 0 Å². The van der Waals surface area contributed by atoms with E-state index in [0.717, 1.165) is 116 Å². The van der Waals surface area contributed by atoms with E-state index in [-0.39, 0.29) is 19.3 Å². The second kappa shape index (κ2) is 83.9. The fraction of sp³-hybridized carbons (Fsp3) is 0.791. The summed E-state index contributed by atoms with van der Waals surface area (Å²) in [4.78, 5) is 58.7. The molecule has 0 aromatic carbocycles. The third kappa shape index (κ3) is 85.2. The number of hydrogen-bond donors (Lipinski definition) is 4. The van der Waals surface area contributed by atoms with Crippen molar-refractivity contribution >= 4 is 33.6 Å². The number of esters is 3. The highest BCUT2D eigenvalue weighted by molar-refractivity contribution is 7.47. The van der Waals surface area contributed by atoms with E-state index in [2.05, 4.69) is 118 Å². The van der Waals surface area contributed by atoms with E-state index in [0.29, 0.717) is 19.3 Å². The summed E-state index contributed by atoms with van der Waals surface area (Å²) < 4.78 is 61.2. The summed E-state index contributed by atoms with van der Waals surface area (Å²) in [5, 5.41) is 20.7. The van der Waals surface area contributed by atoms with Crippen LogP contribution in [0.4, 0.5) is 0 Å². The Balaban J connectivity index is 4.32. The topological polar surface area (TPSA) is 231 Å². The van der Waals surface area contributed by atoms with E-state index in [4.69, 9.17) is 32.3 Å². The van der Waals surface area contributed by atoms with Crippen LogP contribution in [-0.2, 0) is 55.8 Å². The Morgan fingerprint density at radius 1 is 0.257 bits per heavy atom. The number of phosphoric acid groups is 2. The van der Waals surface area contributed by atoms with E-state index < -0.39 is 91.5 Å². The monoisotopic (exact) mass is 1580 g/mol. The average molecular weight is 1580 g/mol. The highest BCUT2D eigenvalue weighted by Crippen LogP contribution is 2.45. The Morgan fingerprint density at radius 3 is 0.743 bits per heavy atom. The molecule has 0 bridgehead atoms. The molecule has 16 nitrogen and oxygen atoms in total. The Bertz CT molecular complexity index is 2370. The zero-order valence-electron chi connectivity index (χ0n) is 69.7. The van der Waals surface area contributed by atoms with Crippen LogP contribution in [0.2, 0.25) is 0 Å². The molecule has 4 N–H and O–H groups in total. The lowest BCUT2D eigenvalue weighted by atomic mass is 10.0. The van der Waals surface area contributed by atoms with Gasteiger partial charge < -0.3 is 34.2 Å². The van der Waals surface area contributed by atoms with Crippen molar-refractivity contribution in [3.63, 3.8) is 0 Å². The van der Waals surface area contributed by atoms with Crippen LogP contribution >= 0.6 is 15.6 Å². The van der Waals surface area contributed by atoms with Crippen LogP contribution in [0.3, 0.4) is 0 Å². The molecule has 634 valence electrons. The van der Waals surface area contributed by atoms with Gasteiger partial charge in [0.2, 0.25) is 0 Å². The third-order valence-electron chi connectivity index (χ3n) is 19.3. The van der Waals surface area contributed by atoms with Crippen molar-refractivity contribution in [2.75, 3.05) is 39.6 Å².